The van der Waals surface area contributed by atoms with Crippen LogP contribution in [0.15, 0.2) is 84.1 Å². The number of carbonyl (C=O) groups excluding carboxylic acids is 2. The Balaban J connectivity index is 1.42. The molecule has 1 unspecified atom stereocenters. The van der Waals surface area contributed by atoms with Crippen LogP contribution in [0.1, 0.15) is 42.7 Å². The van der Waals surface area contributed by atoms with Crippen molar-refractivity contribution in [3.8, 4) is 5.75 Å². The molecule has 1 atom stereocenters. The highest BCUT2D eigenvalue weighted by molar-refractivity contribution is 6.07. The van der Waals surface area contributed by atoms with Crippen LogP contribution in [-0.2, 0) is 16.2 Å². The summed E-state index contributed by atoms with van der Waals surface area (Å²) in [6.07, 6.45) is 1.84. The Bertz CT molecular complexity index is 1270. The second-order valence-electron chi connectivity index (χ2n) is 8.59. The molecule has 2 aliphatic rings. The van der Waals surface area contributed by atoms with E-state index in [4.69, 9.17) is 4.74 Å². The molecule has 1 amide bonds. The Kier molecular flexibility index (Phi) is 5.97. The first kappa shape index (κ1) is 22.0. The van der Waals surface area contributed by atoms with E-state index >= 15 is 0 Å². The van der Waals surface area contributed by atoms with Crippen LogP contribution >= 0.6 is 0 Å². The van der Waals surface area contributed by atoms with Crippen LogP contribution in [0.3, 0.4) is 0 Å². The average Bonchev–Trinajstić information content (AvgIpc) is 2.83. The van der Waals surface area contributed by atoms with E-state index in [9.17, 15) is 18.4 Å². The van der Waals surface area contributed by atoms with Gasteiger partial charge in [-0.1, -0.05) is 30.3 Å². The maximum Gasteiger partial charge on any atom is 0.232 e. The number of halogens is 2. The Labute approximate surface area is 196 Å². The highest BCUT2D eigenvalue weighted by Gasteiger charge is 2.39. The van der Waals surface area contributed by atoms with Gasteiger partial charge in [0, 0.05) is 30.0 Å². The van der Waals surface area contributed by atoms with Crippen molar-refractivity contribution < 1.29 is 23.1 Å². The van der Waals surface area contributed by atoms with E-state index in [0.29, 0.717) is 48.6 Å². The van der Waals surface area contributed by atoms with Crippen molar-refractivity contribution in [3.63, 3.8) is 0 Å². The highest BCUT2D eigenvalue weighted by Crippen LogP contribution is 2.43. The average molecular weight is 459 g/mol. The molecular formula is C28H23F2NO3. The van der Waals surface area contributed by atoms with Gasteiger partial charge in [-0.2, -0.15) is 0 Å². The van der Waals surface area contributed by atoms with Gasteiger partial charge in [0.15, 0.2) is 5.78 Å². The van der Waals surface area contributed by atoms with Crippen molar-refractivity contribution in [2.45, 2.75) is 38.2 Å². The number of allylic oxidation sites excluding steroid dienone is 2. The summed E-state index contributed by atoms with van der Waals surface area (Å²) in [5, 5.41) is 0. The first-order valence-electron chi connectivity index (χ1n) is 11.3. The normalized spacial score (nSPS) is 18.2. The zero-order valence-electron chi connectivity index (χ0n) is 18.5. The summed E-state index contributed by atoms with van der Waals surface area (Å²) in [6, 6.07) is 19.4. The Hall–Kier alpha value is -3.80. The van der Waals surface area contributed by atoms with Crippen LogP contribution in [0.25, 0.3) is 0 Å². The first-order valence-corrected chi connectivity index (χ1v) is 11.3. The highest BCUT2D eigenvalue weighted by atomic mass is 19.1. The lowest BCUT2D eigenvalue weighted by Crippen LogP contribution is -2.40. The van der Waals surface area contributed by atoms with Crippen LogP contribution in [-0.4, -0.2) is 11.7 Å². The minimum atomic E-state index is -0.423. The van der Waals surface area contributed by atoms with E-state index < -0.39 is 5.82 Å². The predicted molar refractivity (Wildman–Crippen MR) is 124 cm³/mol. The summed E-state index contributed by atoms with van der Waals surface area (Å²) in [5.74, 6) is -0.533. The number of hydrogen-bond donors (Lipinski definition) is 0. The molecule has 1 aliphatic carbocycles. The molecule has 3 aromatic rings. The van der Waals surface area contributed by atoms with Gasteiger partial charge in [0.25, 0.3) is 0 Å². The topological polar surface area (TPSA) is 46.6 Å². The van der Waals surface area contributed by atoms with Gasteiger partial charge >= 0.3 is 0 Å². The quantitative estimate of drug-likeness (QED) is 0.465. The number of ketones is 1. The van der Waals surface area contributed by atoms with Crippen molar-refractivity contribution in [2.75, 3.05) is 4.90 Å². The van der Waals surface area contributed by atoms with Crippen molar-refractivity contribution in [2.24, 2.45) is 0 Å². The molecule has 6 heteroatoms. The molecule has 1 aliphatic heterocycles. The maximum atomic E-state index is 13.9. The molecule has 5 rings (SSSR count). The van der Waals surface area contributed by atoms with Crippen LogP contribution in [0.2, 0.25) is 0 Å². The predicted octanol–water partition coefficient (Wildman–Crippen LogP) is 6.07. The van der Waals surface area contributed by atoms with Gasteiger partial charge in [0.05, 0.1) is 5.69 Å². The van der Waals surface area contributed by atoms with E-state index in [0.717, 1.165) is 11.1 Å². The van der Waals surface area contributed by atoms with Gasteiger partial charge in [-0.25, -0.2) is 8.78 Å². The third kappa shape index (κ3) is 4.36. The lowest BCUT2D eigenvalue weighted by atomic mass is 9.77. The monoisotopic (exact) mass is 459 g/mol. The molecule has 0 N–H and O–H groups in total. The molecule has 3 aromatic carbocycles. The molecule has 4 nitrogen and oxygen atoms in total. The second-order valence-corrected chi connectivity index (χ2v) is 8.59. The Morgan fingerprint density at radius 3 is 2.38 bits per heavy atom. The summed E-state index contributed by atoms with van der Waals surface area (Å²) in [7, 11) is 0. The number of Topliss-reactive ketones (excluding diaryl/α,β-unsaturated/α-hetero) is 1. The Morgan fingerprint density at radius 2 is 1.65 bits per heavy atom. The number of ether oxygens (including phenoxy) is 1. The zero-order valence-corrected chi connectivity index (χ0v) is 18.5. The second kappa shape index (κ2) is 9.21. The third-order valence-corrected chi connectivity index (χ3v) is 6.34. The van der Waals surface area contributed by atoms with Crippen molar-refractivity contribution in [1.82, 2.24) is 0 Å². The van der Waals surface area contributed by atoms with E-state index in [1.165, 1.54) is 29.2 Å². The number of benzene rings is 3. The molecular weight excluding hydrogens is 436 g/mol. The fourth-order valence-electron chi connectivity index (χ4n) is 4.74. The van der Waals surface area contributed by atoms with Crippen molar-refractivity contribution in [1.29, 1.82) is 0 Å². The molecule has 34 heavy (non-hydrogen) atoms. The fourth-order valence-corrected chi connectivity index (χ4v) is 4.74. The summed E-state index contributed by atoms with van der Waals surface area (Å²) in [5.41, 5.74) is 3.50. The molecule has 1 heterocycles. The number of carbonyl (C=O) groups is 2. The molecule has 0 spiro atoms. The number of amides is 1. The molecule has 0 bridgehead atoms. The van der Waals surface area contributed by atoms with E-state index in [1.807, 2.05) is 24.3 Å². The SMILES string of the molecule is O=C1CCCC2=C1C(c1ccc(OCc3ccc(F)cc3)cc1)CC(=O)N2c1cccc(F)c1. The van der Waals surface area contributed by atoms with E-state index in [2.05, 4.69) is 0 Å². The minimum Gasteiger partial charge on any atom is -0.489 e. The van der Waals surface area contributed by atoms with Gasteiger partial charge in [0.2, 0.25) is 5.91 Å². The van der Waals surface area contributed by atoms with Crippen LogP contribution in [0.5, 0.6) is 5.75 Å². The summed E-state index contributed by atoms with van der Waals surface area (Å²) >= 11 is 0. The Morgan fingerprint density at radius 1 is 0.882 bits per heavy atom. The van der Waals surface area contributed by atoms with Gasteiger partial charge in [-0.05, 0) is 66.4 Å². The van der Waals surface area contributed by atoms with Crippen LogP contribution < -0.4 is 9.64 Å². The first-order chi connectivity index (χ1) is 16.5. The largest absolute Gasteiger partial charge is 0.489 e. The van der Waals surface area contributed by atoms with E-state index in [-0.39, 0.29) is 29.8 Å². The molecule has 0 saturated heterocycles. The van der Waals surface area contributed by atoms with Gasteiger partial charge < -0.3 is 4.74 Å². The summed E-state index contributed by atoms with van der Waals surface area (Å²) < 4.78 is 32.7. The summed E-state index contributed by atoms with van der Waals surface area (Å²) in [6.45, 7) is 0.303. The zero-order chi connectivity index (χ0) is 23.7. The van der Waals surface area contributed by atoms with Gasteiger partial charge in [-0.3, -0.25) is 14.5 Å². The molecule has 172 valence electrons. The van der Waals surface area contributed by atoms with Crippen molar-refractivity contribution in [3.05, 3.63) is 107 Å². The standard InChI is InChI=1S/C28H23F2NO3/c29-20-11-7-18(8-12-20)17-34-23-13-9-19(10-14-23)24-16-27(33)31(22-4-1-3-21(30)15-22)25-5-2-6-26(32)28(24)25/h1,3-4,7-15,24H,2,5-6,16-17H2. The molecule has 0 saturated carbocycles. The number of anilines is 1. The van der Waals surface area contributed by atoms with Crippen molar-refractivity contribution >= 4 is 17.4 Å². The maximum absolute atomic E-state index is 13.9. The minimum absolute atomic E-state index is 0.0387. The summed E-state index contributed by atoms with van der Waals surface area (Å²) in [4.78, 5) is 27.7. The van der Waals surface area contributed by atoms with Crippen LogP contribution in [0, 0.1) is 11.6 Å². The fraction of sp³-hybridized carbons (Fsp3) is 0.214. The third-order valence-electron chi connectivity index (χ3n) is 6.34. The number of nitrogens with zero attached hydrogens (tertiary/aromatic N) is 1. The molecule has 0 aromatic heterocycles. The van der Waals surface area contributed by atoms with Crippen LogP contribution in [0.4, 0.5) is 14.5 Å². The van der Waals surface area contributed by atoms with Gasteiger partial charge in [-0.15, -0.1) is 0 Å². The lowest BCUT2D eigenvalue weighted by Gasteiger charge is -2.38. The van der Waals surface area contributed by atoms with Gasteiger partial charge in [0.1, 0.15) is 24.0 Å². The molecule has 0 radical (unpaired) electrons. The molecule has 0 fully saturated rings. The lowest BCUT2D eigenvalue weighted by molar-refractivity contribution is -0.119. The smallest absolute Gasteiger partial charge is 0.232 e. The number of hydrogen-bond acceptors (Lipinski definition) is 3. The van der Waals surface area contributed by atoms with E-state index in [1.54, 1.807) is 24.3 Å². The number of rotatable bonds is 5.